The van der Waals surface area contributed by atoms with Gasteiger partial charge in [-0.25, -0.2) is 0 Å². The van der Waals surface area contributed by atoms with E-state index in [1.807, 2.05) is 56.6 Å². The maximum Gasteiger partial charge on any atom is 0.227 e. The first-order chi connectivity index (χ1) is 13.4. The molecule has 1 aliphatic rings. The van der Waals surface area contributed by atoms with Crippen LogP contribution in [0.5, 0.6) is 0 Å². The van der Waals surface area contributed by atoms with Crippen LogP contribution in [0.25, 0.3) is 0 Å². The molecule has 5 nitrogen and oxygen atoms in total. The molecular weight excluding hydrogens is 418 g/mol. The van der Waals surface area contributed by atoms with Crippen molar-refractivity contribution in [3.05, 3.63) is 64.6 Å². The maximum atomic E-state index is 12.7. The smallest absolute Gasteiger partial charge is 0.227 e. The fourth-order valence-corrected chi connectivity index (χ4v) is 3.85. The van der Waals surface area contributed by atoms with E-state index in [9.17, 15) is 9.59 Å². The van der Waals surface area contributed by atoms with E-state index in [0.717, 1.165) is 16.6 Å². The van der Waals surface area contributed by atoms with Crippen molar-refractivity contribution in [1.29, 1.82) is 0 Å². The first-order valence-corrected chi connectivity index (χ1v) is 10.3. The van der Waals surface area contributed by atoms with E-state index in [2.05, 4.69) is 38.3 Å². The largest absolute Gasteiger partial charge is 0.354 e. The van der Waals surface area contributed by atoms with Gasteiger partial charge in [-0.15, -0.1) is 0 Å². The predicted octanol–water partition coefficient (Wildman–Crippen LogP) is 3.09. The number of benzene rings is 2. The number of hydrogen-bond acceptors (Lipinski definition) is 3. The Morgan fingerprint density at radius 2 is 1.96 bits per heavy atom. The summed E-state index contributed by atoms with van der Waals surface area (Å²) in [5, 5.41) is 3.06. The van der Waals surface area contributed by atoms with Crippen LogP contribution in [0.15, 0.2) is 59.1 Å². The molecule has 2 aromatic carbocycles. The van der Waals surface area contributed by atoms with Crippen LogP contribution in [-0.2, 0) is 16.0 Å². The highest BCUT2D eigenvalue weighted by atomic mass is 79.9. The molecule has 1 aliphatic heterocycles. The van der Waals surface area contributed by atoms with Gasteiger partial charge in [0.05, 0.1) is 5.92 Å². The summed E-state index contributed by atoms with van der Waals surface area (Å²) < 4.78 is 0.917. The third kappa shape index (κ3) is 5.20. The first kappa shape index (κ1) is 20.6. The fraction of sp³-hybridized carbons (Fsp3) is 0.364. The van der Waals surface area contributed by atoms with Crippen LogP contribution in [0.1, 0.15) is 12.0 Å². The molecular formula is C22H26BrN3O2. The number of nitrogens with one attached hydrogen (secondary N) is 1. The molecule has 0 aliphatic carbocycles. The summed E-state index contributed by atoms with van der Waals surface area (Å²) in [6.07, 6.45) is 1.12. The lowest BCUT2D eigenvalue weighted by molar-refractivity contribution is -0.126. The monoisotopic (exact) mass is 443 g/mol. The average Bonchev–Trinajstić information content (AvgIpc) is 3.07. The Kier molecular flexibility index (Phi) is 6.86. The Bertz CT molecular complexity index is 826. The standard InChI is InChI=1S/C22H26BrN3O2/c1-25(2)20(11-16-7-4-3-5-8-16)14-24-22(28)17-12-21(27)26(15-17)19-10-6-9-18(23)13-19/h3-10,13,17,20H,11-12,14-15H2,1-2H3,(H,24,28). The molecule has 3 rings (SSSR count). The topological polar surface area (TPSA) is 52.7 Å². The molecule has 148 valence electrons. The number of rotatable bonds is 7. The molecule has 2 amide bonds. The summed E-state index contributed by atoms with van der Waals surface area (Å²) in [5.41, 5.74) is 2.07. The molecule has 1 fully saturated rings. The van der Waals surface area contributed by atoms with Gasteiger partial charge in [0.1, 0.15) is 0 Å². The van der Waals surface area contributed by atoms with Crippen LogP contribution < -0.4 is 10.2 Å². The zero-order valence-electron chi connectivity index (χ0n) is 16.3. The van der Waals surface area contributed by atoms with Crippen LogP contribution in [0, 0.1) is 5.92 Å². The van der Waals surface area contributed by atoms with Gasteiger partial charge in [0.15, 0.2) is 0 Å². The highest BCUT2D eigenvalue weighted by Crippen LogP contribution is 2.27. The third-order valence-electron chi connectivity index (χ3n) is 5.17. The van der Waals surface area contributed by atoms with Crippen LogP contribution in [0.3, 0.4) is 0 Å². The van der Waals surface area contributed by atoms with Gasteiger partial charge in [0.25, 0.3) is 0 Å². The molecule has 0 aromatic heterocycles. The summed E-state index contributed by atoms with van der Waals surface area (Å²) in [6.45, 7) is 0.981. The molecule has 2 aromatic rings. The van der Waals surface area contributed by atoms with Crippen molar-refractivity contribution < 1.29 is 9.59 Å². The van der Waals surface area contributed by atoms with Crippen molar-refractivity contribution in [3.63, 3.8) is 0 Å². The summed E-state index contributed by atoms with van der Waals surface area (Å²) in [5.74, 6) is -0.372. The normalized spacial score (nSPS) is 17.8. The molecule has 1 N–H and O–H groups in total. The third-order valence-corrected chi connectivity index (χ3v) is 5.67. The van der Waals surface area contributed by atoms with Crippen molar-refractivity contribution in [2.75, 3.05) is 32.1 Å². The van der Waals surface area contributed by atoms with E-state index in [-0.39, 0.29) is 30.2 Å². The van der Waals surface area contributed by atoms with Crippen molar-refractivity contribution in [3.8, 4) is 0 Å². The molecule has 28 heavy (non-hydrogen) atoms. The number of anilines is 1. The lowest BCUT2D eigenvalue weighted by Crippen LogP contribution is -2.43. The minimum absolute atomic E-state index is 0.00769. The minimum atomic E-state index is -0.314. The molecule has 0 bridgehead atoms. The first-order valence-electron chi connectivity index (χ1n) is 9.48. The Balaban J connectivity index is 1.57. The lowest BCUT2D eigenvalue weighted by atomic mass is 10.0. The van der Waals surface area contributed by atoms with E-state index in [0.29, 0.717) is 13.1 Å². The number of amides is 2. The molecule has 6 heteroatoms. The van der Waals surface area contributed by atoms with Crippen molar-refractivity contribution >= 4 is 33.4 Å². The van der Waals surface area contributed by atoms with E-state index < -0.39 is 0 Å². The number of halogens is 1. The number of likely N-dealkylation sites (N-methyl/N-ethyl adjacent to an activating group) is 1. The van der Waals surface area contributed by atoms with Gasteiger partial charge in [0, 0.05) is 35.7 Å². The molecule has 2 atom stereocenters. The van der Waals surface area contributed by atoms with Gasteiger partial charge < -0.3 is 15.1 Å². The van der Waals surface area contributed by atoms with Crippen LogP contribution in [0.2, 0.25) is 0 Å². The van der Waals surface area contributed by atoms with Crippen molar-refractivity contribution in [1.82, 2.24) is 10.2 Å². The summed E-state index contributed by atoms with van der Waals surface area (Å²) in [7, 11) is 4.04. The van der Waals surface area contributed by atoms with Gasteiger partial charge >= 0.3 is 0 Å². The molecule has 0 radical (unpaired) electrons. The maximum absolute atomic E-state index is 12.7. The quantitative estimate of drug-likeness (QED) is 0.714. The number of carbonyl (C=O) groups is 2. The summed E-state index contributed by atoms with van der Waals surface area (Å²) >= 11 is 3.43. The van der Waals surface area contributed by atoms with Gasteiger partial charge in [-0.1, -0.05) is 52.3 Å². The van der Waals surface area contributed by atoms with E-state index in [1.165, 1.54) is 5.56 Å². The van der Waals surface area contributed by atoms with Crippen LogP contribution in [-0.4, -0.2) is 49.9 Å². The van der Waals surface area contributed by atoms with Crippen LogP contribution in [0.4, 0.5) is 5.69 Å². The minimum Gasteiger partial charge on any atom is -0.354 e. The molecule has 0 saturated carbocycles. The zero-order chi connectivity index (χ0) is 20.1. The van der Waals surface area contributed by atoms with E-state index in [4.69, 9.17) is 0 Å². The number of hydrogen-bond donors (Lipinski definition) is 1. The highest BCUT2D eigenvalue weighted by Gasteiger charge is 2.35. The van der Waals surface area contributed by atoms with Crippen molar-refractivity contribution in [2.24, 2.45) is 5.92 Å². The second-order valence-corrected chi connectivity index (χ2v) is 8.35. The second-order valence-electron chi connectivity index (χ2n) is 7.44. The molecule has 1 saturated heterocycles. The second kappa shape index (κ2) is 9.34. The summed E-state index contributed by atoms with van der Waals surface area (Å²) in [6, 6.07) is 18.1. The van der Waals surface area contributed by atoms with Gasteiger partial charge in [0.2, 0.25) is 11.8 Å². The van der Waals surface area contributed by atoms with E-state index >= 15 is 0 Å². The number of carbonyl (C=O) groups excluding carboxylic acids is 2. The SMILES string of the molecule is CN(C)C(CNC(=O)C1CC(=O)N(c2cccc(Br)c2)C1)Cc1ccccc1. The Morgan fingerprint density at radius 3 is 2.64 bits per heavy atom. The predicted molar refractivity (Wildman–Crippen MR) is 115 cm³/mol. The summed E-state index contributed by atoms with van der Waals surface area (Å²) in [4.78, 5) is 28.9. The average molecular weight is 444 g/mol. The molecule has 2 unspecified atom stereocenters. The van der Waals surface area contributed by atoms with Crippen molar-refractivity contribution in [2.45, 2.75) is 18.9 Å². The Labute approximate surface area is 174 Å². The fourth-order valence-electron chi connectivity index (χ4n) is 3.46. The molecule has 0 spiro atoms. The Hall–Kier alpha value is -2.18. The van der Waals surface area contributed by atoms with Gasteiger partial charge in [-0.2, -0.15) is 0 Å². The van der Waals surface area contributed by atoms with Crippen LogP contribution >= 0.6 is 15.9 Å². The molecule has 1 heterocycles. The number of nitrogens with zero attached hydrogens (tertiary/aromatic N) is 2. The Morgan fingerprint density at radius 1 is 1.21 bits per heavy atom. The zero-order valence-corrected chi connectivity index (χ0v) is 17.9. The van der Waals surface area contributed by atoms with Gasteiger partial charge in [-0.05, 0) is 44.3 Å². The van der Waals surface area contributed by atoms with Gasteiger partial charge in [-0.3, -0.25) is 9.59 Å². The highest BCUT2D eigenvalue weighted by molar-refractivity contribution is 9.10. The van der Waals surface area contributed by atoms with E-state index in [1.54, 1.807) is 4.90 Å². The lowest BCUT2D eigenvalue weighted by Gasteiger charge is -2.25.